The van der Waals surface area contributed by atoms with Crippen LogP contribution in [0.2, 0.25) is 0 Å². The van der Waals surface area contributed by atoms with E-state index < -0.39 is 0 Å². The molecule has 2 rings (SSSR count). The predicted octanol–water partition coefficient (Wildman–Crippen LogP) is 3.34. The number of hydrogen-bond donors (Lipinski definition) is 1. The topological polar surface area (TPSA) is 12.0 Å². The number of rotatable bonds is 2. The molecule has 1 N–H and O–H groups in total. The quantitative estimate of drug-likeness (QED) is 0.712. The van der Waals surface area contributed by atoms with Crippen LogP contribution < -0.4 is 5.32 Å². The maximum Gasteiger partial charge on any atom is 0.00952 e. The molecular formula is C13H25N. The van der Waals surface area contributed by atoms with Crippen LogP contribution in [0.5, 0.6) is 0 Å². The van der Waals surface area contributed by atoms with Crippen LogP contribution in [0.3, 0.4) is 0 Å². The Hall–Kier alpha value is -0.0400. The molecule has 2 unspecified atom stereocenters. The number of nitrogens with one attached hydrogen (secondary N) is 1. The van der Waals surface area contributed by atoms with Crippen molar-refractivity contribution in [2.45, 2.75) is 70.9 Å². The van der Waals surface area contributed by atoms with E-state index in [-0.39, 0.29) is 0 Å². The third-order valence-corrected chi connectivity index (χ3v) is 4.33. The van der Waals surface area contributed by atoms with Gasteiger partial charge in [0, 0.05) is 12.1 Å². The lowest BCUT2D eigenvalue weighted by atomic mass is 9.86. The summed E-state index contributed by atoms with van der Waals surface area (Å²) in [6, 6.07) is 1.69. The molecule has 0 spiro atoms. The lowest BCUT2D eigenvalue weighted by molar-refractivity contribution is 0.270. The lowest BCUT2D eigenvalue weighted by Crippen LogP contribution is -2.41. The van der Waals surface area contributed by atoms with Crippen LogP contribution in [0.1, 0.15) is 58.8 Å². The van der Waals surface area contributed by atoms with Gasteiger partial charge in [0.2, 0.25) is 0 Å². The molecule has 0 radical (unpaired) electrons. The molecule has 2 atom stereocenters. The normalized spacial score (nSPS) is 44.1. The minimum atomic E-state index is 0.841. The Labute approximate surface area is 88.7 Å². The second-order valence-electron chi connectivity index (χ2n) is 5.64. The monoisotopic (exact) mass is 195 g/mol. The van der Waals surface area contributed by atoms with Gasteiger partial charge in [-0.1, -0.05) is 20.3 Å². The van der Waals surface area contributed by atoms with Gasteiger partial charge in [0.05, 0.1) is 0 Å². The first kappa shape index (κ1) is 10.5. The third kappa shape index (κ3) is 2.50. The summed E-state index contributed by atoms with van der Waals surface area (Å²) in [5.41, 5.74) is 0. The van der Waals surface area contributed by atoms with E-state index in [1.54, 1.807) is 0 Å². The molecule has 2 aliphatic rings. The predicted molar refractivity (Wildman–Crippen MR) is 61.4 cm³/mol. The fourth-order valence-corrected chi connectivity index (χ4v) is 3.12. The minimum Gasteiger partial charge on any atom is -0.311 e. The van der Waals surface area contributed by atoms with Crippen LogP contribution in [0.4, 0.5) is 0 Å². The van der Waals surface area contributed by atoms with E-state index in [0.717, 1.165) is 23.9 Å². The van der Waals surface area contributed by atoms with Crippen molar-refractivity contribution in [1.29, 1.82) is 0 Å². The van der Waals surface area contributed by atoms with Crippen LogP contribution in [0.15, 0.2) is 0 Å². The molecule has 1 nitrogen and oxygen atoms in total. The molecular weight excluding hydrogens is 170 g/mol. The molecule has 0 aromatic carbocycles. The average Bonchev–Trinajstić information content (AvgIpc) is 2.56. The first-order valence-electron chi connectivity index (χ1n) is 6.51. The molecule has 0 bridgehead atoms. The largest absolute Gasteiger partial charge is 0.311 e. The molecule has 0 aromatic heterocycles. The average molecular weight is 195 g/mol. The summed E-state index contributed by atoms with van der Waals surface area (Å²) < 4.78 is 0. The minimum absolute atomic E-state index is 0.841. The van der Waals surface area contributed by atoms with Crippen molar-refractivity contribution in [2.24, 2.45) is 11.8 Å². The van der Waals surface area contributed by atoms with Crippen molar-refractivity contribution < 1.29 is 0 Å². The maximum atomic E-state index is 3.89. The Bertz CT molecular complexity index is 170. The first-order valence-corrected chi connectivity index (χ1v) is 6.51. The van der Waals surface area contributed by atoms with E-state index in [9.17, 15) is 0 Å². The van der Waals surface area contributed by atoms with Gasteiger partial charge in [-0.05, 0) is 50.4 Å². The van der Waals surface area contributed by atoms with Crippen molar-refractivity contribution in [2.75, 3.05) is 0 Å². The fourth-order valence-electron chi connectivity index (χ4n) is 3.12. The van der Waals surface area contributed by atoms with Gasteiger partial charge in [0.15, 0.2) is 0 Å². The van der Waals surface area contributed by atoms with Crippen molar-refractivity contribution >= 4 is 0 Å². The Balaban J connectivity index is 1.74. The van der Waals surface area contributed by atoms with E-state index >= 15 is 0 Å². The molecule has 2 fully saturated rings. The highest BCUT2D eigenvalue weighted by molar-refractivity contribution is 4.85. The van der Waals surface area contributed by atoms with Crippen molar-refractivity contribution in [3.8, 4) is 0 Å². The summed E-state index contributed by atoms with van der Waals surface area (Å²) in [7, 11) is 0. The molecule has 1 heteroatoms. The summed E-state index contributed by atoms with van der Waals surface area (Å²) >= 11 is 0. The zero-order valence-corrected chi connectivity index (χ0v) is 9.76. The molecule has 0 aliphatic heterocycles. The Morgan fingerprint density at radius 3 is 2.14 bits per heavy atom. The van der Waals surface area contributed by atoms with Gasteiger partial charge in [0.1, 0.15) is 0 Å². The second kappa shape index (κ2) is 4.65. The molecule has 0 heterocycles. The van der Waals surface area contributed by atoms with Gasteiger partial charge >= 0.3 is 0 Å². The third-order valence-electron chi connectivity index (χ3n) is 4.33. The highest BCUT2D eigenvalue weighted by Crippen LogP contribution is 2.29. The van der Waals surface area contributed by atoms with Crippen molar-refractivity contribution in [3.05, 3.63) is 0 Å². The zero-order valence-electron chi connectivity index (χ0n) is 9.76. The van der Waals surface area contributed by atoms with Crippen LogP contribution >= 0.6 is 0 Å². The van der Waals surface area contributed by atoms with Gasteiger partial charge < -0.3 is 5.32 Å². The van der Waals surface area contributed by atoms with E-state index in [1.165, 1.54) is 44.9 Å². The van der Waals surface area contributed by atoms with Gasteiger partial charge in [-0.2, -0.15) is 0 Å². The summed E-state index contributed by atoms with van der Waals surface area (Å²) in [6.07, 6.45) is 10.0. The molecule has 0 amide bonds. The second-order valence-corrected chi connectivity index (χ2v) is 5.64. The van der Waals surface area contributed by atoms with E-state index in [1.807, 2.05) is 0 Å². The molecule has 2 saturated carbocycles. The fraction of sp³-hybridized carbons (Fsp3) is 1.00. The van der Waals surface area contributed by atoms with Gasteiger partial charge in [0.25, 0.3) is 0 Å². The van der Waals surface area contributed by atoms with Gasteiger partial charge in [-0.25, -0.2) is 0 Å². The number of hydrogen-bond acceptors (Lipinski definition) is 1. The molecule has 2 aliphatic carbocycles. The van der Waals surface area contributed by atoms with Crippen LogP contribution in [0.25, 0.3) is 0 Å². The first-order chi connectivity index (χ1) is 6.75. The Morgan fingerprint density at radius 1 is 0.857 bits per heavy atom. The lowest BCUT2D eigenvalue weighted by Gasteiger charge is -2.31. The SMILES string of the molecule is CC1CCC(NC2CCCC2C)CC1. The summed E-state index contributed by atoms with van der Waals surface area (Å²) in [6.45, 7) is 4.81. The zero-order chi connectivity index (χ0) is 9.97. The Kier molecular flexibility index (Phi) is 3.48. The van der Waals surface area contributed by atoms with Crippen LogP contribution in [-0.4, -0.2) is 12.1 Å². The van der Waals surface area contributed by atoms with Gasteiger partial charge in [-0.15, -0.1) is 0 Å². The summed E-state index contributed by atoms with van der Waals surface area (Å²) in [5.74, 6) is 1.91. The van der Waals surface area contributed by atoms with E-state index in [2.05, 4.69) is 19.2 Å². The highest BCUT2D eigenvalue weighted by atomic mass is 15.0. The molecule has 82 valence electrons. The van der Waals surface area contributed by atoms with Crippen molar-refractivity contribution in [1.82, 2.24) is 5.32 Å². The summed E-state index contributed by atoms with van der Waals surface area (Å²) in [5, 5.41) is 3.89. The van der Waals surface area contributed by atoms with Crippen LogP contribution in [-0.2, 0) is 0 Å². The molecule has 14 heavy (non-hydrogen) atoms. The van der Waals surface area contributed by atoms with Crippen molar-refractivity contribution in [3.63, 3.8) is 0 Å². The molecule has 0 saturated heterocycles. The standard InChI is InChI=1S/C13H25N/c1-10-6-8-12(9-7-10)14-13-5-3-4-11(13)2/h10-14H,3-9H2,1-2H3. The molecule has 0 aromatic rings. The Morgan fingerprint density at radius 2 is 1.57 bits per heavy atom. The van der Waals surface area contributed by atoms with E-state index in [4.69, 9.17) is 0 Å². The van der Waals surface area contributed by atoms with Crippen LogP contribution in [0, 0.1) is 11.8 Å². The summed E-state index contributed by atoms with van der Waals surface area (Å²) in [4.78, 5) is 0. The smallest absolute Gasteiger partial charge is 0.00952 e. The van der Waals surface area contributed by atoms with E-state index in [0.29, 0.717) is 0 Å². The highest BCUT2D eigenvalue weighted by Gasteiger charge is 2.27. The van der Waals surface area contributed by atoms with Gasteiger partial charge in [-0.3, -0.25) is 0 Å². The maximum absolute atomic E-state index is 3.89.